The van der Waals surface area contributed by atoms with Gasteiger partial charge in [0.1, 0.15) is 0 Å². The van der Waals surface area contributed by atoms with E-state index in [1.54, 1.807) is 16.9 Å². The Balaban J connectivity index is 1.38. The van der Waals surface area contributed by atoms with E-state index in [-0.39, 0.29) is 31.3 Å². The molecule has 1 atom stereocenters. The van der Waals surface area contributed by atoms with Crippen molar-refractivity contribution < 1.29 is 22.8 Å². The van der Waals surface area contributed by atoms with Crippen LogP contribution in [0.15, 0.2) is 66.9 Å². The smallest absolute Gasteiger partial charge is 0.338 e. The van der Waals surface area contributed by atoms with Gasteiger partial charge in [0.2, 0.25) is 11.8 Å². The minimum Gasteiger partial charge on any atom is -0.338 e. The van der Waals surface area contributed by atoms with Crippen molar-refractivity contribution in [1.82, 2.24) is 14.7 Å². The van der Waals surface area contributed by atoms with Crippen molar-refractivity contribution in [3.63, 3.8) is 0 Å². The molecule has 1 aliphatic heterocycles. The van der Waals surface area contributed by atoms with Crippen molar-refractivity contribution >= 4 is 17.6 Å². The lowest BCUT2D eigenvalue weighted by Gasteiger charge is -2.17. The number of aromatic nitrogens is 2. The number of para-hydroxylation sites is 1. The first-order chi connectivity index (χ1) is 14.8. The molecule has 0 spiro atoms. The second kappa shape index (κ2) is 8.25. The maximum Gasteiger partial charge on any atom is 0.416 e. The third-order valence-corrected chi connectivity index (χ3v) is 5.07. The van der Waals surface area contributed by atoms with E-state index in [2.05, 4.69) is 10.4 Å². The average Bonchev–Trinajstić information content (AvgIpc) is 3.35. The molecule has 2 heterocycles. The van der Waals surface area contributed by atoms with Crippen LogP contribution in [0.2, 0.25) is 0 Å². The van der Waals surface area contributed by atoms with Gasteiger partial charge in [0.15, 0.2) is 5.82 Å². The molecule has 2 aromatic carbocycles. The first kappa shape index (κ1) is 20.6. The zero-order valence-electron chi connectivity index (χ0n) is 16.3. The van der Waals surface area contributed by atoms with Crippen LogP contribution in [-0.2, 0) is 22.3 Å². The summed E-state index contributed by atoms with van der Waals surface area (Å²) in [6, 6.07) is 15.9. The van der Waals surface area contributed by atoms with Gasteiger partial charge >= 0.3 is 6.18 Å². The molecular formula is C22H19F3N4O2. The van der Waals surface area contributed by atoms with E-state index in [1.165, 1.54) is 17.0 Å². The Kier molecular flexibility index (Phi) is 5.50. The molecule has 2 amide bonds. The molecule has 0 aliphatic carbocycles. The number of hydrogen-bond donors (Lipinski definition) is 1. The van der Waals surface area contributed by atoms with Crippen molar-refractivity contribution in [3.05, 3.63) is 78.0 Å². The topological polar surface area (TPSA) is 67.2 Å². The summed E-state index contributed by atoms with van der Waals surface area (Å²) in [6.07, 6.45) is -2.73. The number of anilines is 1. The fourth-order valence-electron chi connectivity index (χ4n) is 3.51. The van der Waals surface area contributed by atoms with Gasteiger partial charge in [-0.15, -0.1) is 0 Å². The minimum atomic E-state index is -4.45. The summed E-state index contributed by atoms with van der Waals surface area (Å²) >= 11 is 0. The van der Waals surface area contributed by atoms with Crippen molar-refractivity contribution in [2.24, 2.45) is 5.92 Å². The van der Waals surface area contributed by atoms with Crippen LogP contribution in [0.1, 0.15) is 17.5 Å². The molecule has 0 saturated carbocycles. The molecule has 31 heavy (non-hydrogen) atoms. The maximum absolute atomic E-state index is 12.9. The highest BCUT2D eigenvalue weighted by Gasteiger charge is 2.35. The highest BCUT2D eigenvalue weighted by molar-refractivity contribution is 5.96. The van der Waals surface area contributed by atoms with E-state index in [1.807, 2.05) is 30.3 Å². The molecule has 6 nitrogen and oxygen atoms in total. The summed E-state index contributed by atoms with van der Waals surface area (Å²) in [5, 5.41) is 7.02. The number of halogens is 3. The Morgan fingerprint density at radius 3 is 2.61 bits per heavy atom. The molecule has 160 valence electrons. The van der Waals surface area contributed by atoms with Crippen LogP contribution in [0.3, 0.4) is 0 Å². The molecule has 9 heteroatoms. The number of alkyl halides is 3. The van der Waals surface area contributed by atoms with Gasteiger partial charge in [-0.2, -0.15) is 18.3 Å². The molecule has 0 radical (unpaired) electrons. The Labute approximate surface area is 176 Å². The Morgan fingerprint density at radius 2 is 1.87 bits per heavy atom. The van der Waals surface area contributed by atoms with E-state index in [0.29, 0.717) is 11.4 Å². The quantitative estimate of drug-likeness (QED) is 0.671. The van der Waals surface area contributed by atoms with Gasteiger partial charge in [0.25, 0.3) is 0 Å². The highest BCUT2D eigenvalue weighted by atomic mass is 19.4. The zero-order valence-corrected chi connectivity index (χ0v) is 16.3. The molecule has 1 aromatic heterocycles. The lowest BCUT2D eigenvalue weighted by Crippen LogP contribution is -2.28. The van der Waals surface area contributed by atoms with Crippen LogP contribution in [0, 0.1) is 5.92 Å². The molecule has 1 N–H and O–H groups in total. The van der Waals surface area contributed by atoms with Gasteiger partial charge in [-0.1, -0.05) is 30.3 Å². The molecule has 1 aliphatic rings. The normalized spacial score (nSPS) is 16.5. The van der Waals surface area contributed by atoms with E-state index in [9.17, 15) is 22.8 Å². The SMILES string of the molecule is O=C(Nc1ccn(-c2ccccc2)n1)C1CC(=O)N(Cc2cccc(C(F)(F)F)c2)C1. The summed E-state index contributed by atoms with van der Waals surface area (Å²) in [4.78, 5) is 26.3. The van der Waals surface area contributed by atoms with E-state index in [0.717, 1.165) is 17.8 Å². The van der Waals surface area contributed by atoms with Crippen molar-refractivity contribution in [2.45, 2.75) is 19.1 Å². The predicted molar refractivity (Wildman–Crippen MR) is 107 cm³/mol. The predicted octanol–water partition coefficient (Wildman–Crippen LogP) is 3.88. The summed E-state index contributed by atoms with van der Waals surface area (Å²) in [7, 11) is 0. The third kappa shape index (κ3) is 4.76. The average molecular weight is 428 g/mol. The van der Waals surface area contributed by atoms with Gasteiger partial charge in [-0.05, 0) is 29.8 Å². The molecule has 0 bridgehead atoms. The van der Waals surface area contributed by atoms with Crippen LogP contribution in [0.5, 0.6) is 0 Å². The van der Waals surface area contributed by atoms with Crippen LogP contribution < -0.4 is 5.32 Å². The lowest BCUT2D eigenvalue weighted by molar-refractivity contribution is -0.137. The molecule has 1 unspecified atom stereocenters. The van der Waals surface area contributed by atoms with Crippen molar-refractivity contribution in [1.29, 1.82) is 0 Å². The van der Waals surface area contributed by atoms with Crippen molar-refractivity contribution in [2.75, 3.05) is 11.9 Å². The molecule has 3 aromatic rings. The van der Waals surface area contributed by atoms with Gasteiger partial charge < -0.3 is 10.2 Å². The highest BCUT2D eigenvalue weighted by Crippen LogP contribution is 2.30. The number of carbonyl (C=O) groups is 2. The summed E-state index contributed by atoms with van der Waals surface area (Å²) in [5.74, 6) is -0.858. The van der Waals surface area contributed by atoms with Crippen LogP contribution in [-0.4, -0.2) is 33.0 Å². The number of benzene rings is 2. The first-order valence-corrected chi connectivity index (χ1v) is 9.65. The lowest BCUT2D eigenvalue weighted by atomic mass is 10.1. The maximum atomic E-state index is 12.9. The summed E-state index contributed by atoms with van der Waals surface area (Å²) in [6.45, 7) is 0.162. The number of amides is 2. The standard InChI is InChI=1S/C22H19F3N4O2/c23-22(24,25)17-6-4-5-15(11-17)13-28-14-16(12-20(28)30)21(31)26-19-9-10-29(27-19)18-7-2-1-3-8-18/h1-11,16H,12-14H2,(H,26,27,31). The number of rotatable bonds is 5. The molecule has 1 fully saturated rings. The Hall–Kier alpha value is -3.62. The summed E-state index contributed by atoms with van der Waals surface area (Å²) in [5.41, 5.74) is 0.442. The fourth-order valence-corrected chi connectivity index (χ4v) is 3.51. The largest absolute Gasteiger partial charge is 0.416 e. The van der Waals surface area contributed by atoms with E-state index < -0.39 is 17.7 Å². The fraction of sp³-hybridized carbons (Fsp3) is 0.227. The monoisotopic (exact) mass is 428 g/mol. The number of hydrogen-bond acceptors (Lipinski definition) is 3. The van der Waals surface area contributed by atoms with E-state index >= 15 is 0 Å². The van der Waals surface area contributed by atoms with Crippen LogP contribution >= 0.6 is 0 Å². The molecule has 4 rings (SSSR count). The number of carbonyl (C=O) groups excluding carboxylic acids is 2. The van der Waals surface area contributed by atoms with E-state index in [4.69, 9.17) is 0 Å². The van der Waals surface area contributed by atoms with Crippen LogP contribution in [0.4, 0.5) is 19.0 Å². The van der Waals surface area contributed by atoms with Gasteiger partial charge in [-0.3, -0.25) is 9.59 Å². The first-order valence-electron chi connectivity index (χ1n) is 9.65. The second-order valence-electron chi connectivity index (χ2n) is 7.34. The Bertz CT molecular complexity index is 1100. The van der Waals surface area contributed by atoms with Crippen LogP contribution in [0.25, 0.3) is 5.69 Å². The number of likely N-dealkylation sites (tertiary alicyclic amines) is 1. The van der Waals surface area contributed by atoms with Gasteiger partial charge in [-0.25, -0.2) is 4.68 Å². The molecule has 1 saturated heterocycles. The minimum absolute atomic E-state index is 0.00416. The number of nitrogens with zero attached hydrogens (tertiary/aromatic N) is 3. The second-order valence-corrected chi connectivity index (χ2v) is 7.34. The zero-order chi connectivity index (χ0) is 22.0. The third-order valence-electron chi connectivity index (χ3n) is 5.07. The number of nitrogens with one attached hydrogen (secondary N) is 1. The molecular weight excluding hydrogens is 409 g/mol. The van der Waals surface area contributed by atoms with Crippen molar-refractivity contribution in [3.8, 4) is 5.69 Å². The van der Waals surface area contributed by atoms with Gasteiger partial charge in [0.05, 0.1) is 17.2 Å². The Morgan fingerprint density at radius 1 is 1.10 bits per heavy atom. The van der Waals surface area contributed by atoms with Gasteiger partial charge in [0, 0.05) is 31.8 Å². The summed E-state index contributed by atoms with van der Waals surface area (Å²) < 4.78 is 40.3.